The van der Waals surface area contributed by atoms with Crippen molar-refractivity contribution in [1.29, 1.82) is 0 Å². The molecule has 2 aromatic heterocycles. The number of hydrogen-bond donors (Lipinski definition) is 1. The van der Waals surface area contributed by atoms with Crippen LogP contribution in [0.5, 0.6) is 5.75 Å². The molecule has 0 aliphatic carbocycles. The van der Waals surface area contributed by atoms with Crippen molar-refractivity contribution in [3.8, 4) is 5.75 Å². The van der Waals surface area contributed by atoms with Crippen LogP contribution in [0.15, 0.2) is 36.0 Å². The standard InChI is InChI=1S/C16H13ClF3N3OS/c1-9(10-2-4-11(5-3-10)24-7-16(18,19)20)23-14-13-12(17)6-25-15(13)22-8-21-14/h2-6,8-9H,7H2,1H3,(H,21,22,23). The Bertz CT molecular complexity index is 867. The summed E-state index contributed by atoms with van der Waals surface area (Å²) in [6.45, 7) is 0.607. The van der Waals surface area contributed by atoms with E-state index in [2.05, 4.69) is 15.3 Å². The predicted octanol–water partition coefficient (Wildman–Crippen LogP) is 5.46. The Morgan fingerprint density at radius 3 is 2.64 bits per heavy atom. The van der Waals surface area contributed by atoms with Crippen LogP contribution in [0, 0.1) is 0 Å². The number of aromatic nitrogens is 2. The van der Waals surface area contributed by atoms with Gasteiger partial charge in [0, 0.05) is 11.4 Å². The van der Waals surface area contributed by atoms with Gasteiger partial charge in [0.15, 0.2) is 6.61 Å². The predicted molar refractivity (Wildman–Crippen MR) is 92.5 cm³/mol. The molecule has 0 saturated carbocycles. The van der Waals surface area contributed by atoms with Gasteiger partial charge in [-0.05, 0) is 24.6 Å². The molecule has 0 bridgehead atoms. The fraction of sp³-hybridized carbons (Fsp3) is 0.250. The number of anilines is 1. The Balaban J connectivity index is 1.72. The van der Waals surface area contributed by atoms with E-state index in [1.165, 1.54) is 29.8 Å². The first kappa shape index (κ1) is 17.8. The van der Waals surface area contributed by atoms with Gasteiger partial charge in [0.2, 0.25) is 0 Å². The highest BCUT2D eigenvalue weighted by atomic mass is 35.5. The number of alkyl halides is 3. The smallest absolute Gasteiger partial charge is 0.422 e. The monoisotopic (exact) mass is 387 g/mol. The molecule has 0 aliphatic rings. The van der Waals surface area contributed by atoms with E-state index >= 15 is 0 Å². The molecule has 132 valence electrons. The molecule has 1 atom stereocenters. The van der Waals surface area contributed by atoms with Crippen molar-refractivity contribution >= 4 is 39.0 Å². The van der Waals surface area contributed by atoms with Gasteiger partial charge in [0.05, 0.1) is 10.4 Å². The van der Waals surface area contributed by atoms with Crippen LogP contribution in [0.25, 0.3) is 10.2 Å². The summed E-state index contributed by atoms with van der Waals surface area (Å²) in [5, 5.41) is 6.38. The Kier molecular flexibility index (Phi) is 5.01. The van der Waals surface area contributed by atoms with E-state index < -0.39 is 12.8 Å². The molecule has 9 heteroatoms. The lowest BCUT2D eigenvalue weighted by Crippen LogP contribution is -2.19. The molecule has 0 fully saturated rings. The summed E-state index contributed by atoms with van der Waals surface area (Å²) in [6.07, 6.45) is -2.90. The molecule has 1 N–H and O–H groups in total. The zero-order chi connectivity index (χ0) is 18.0. The SMILES string of the molecule is CC(Nc1ncnc2scc(Cl)c12)c1ccc(OCC(F)(F)F)cc1. The maximum absolute atomic E-state index is 12.2. The lowest BCUT2D eigenvalue weighted by molar-refractivity contribution is -0.153. The van der Waals surface area contributed by atoms with E-state index in [0.29, 0.717) is 10.8 Å². The molecular weight excluding hydrogens is 375 g/mol. The number of benzene rings is 1. The third kappa shape index (κ3) is 4.32. The lowest BCUT2D eigenvalue weighted by atomic mass is 10.1. The van der Waals surface area contributed by atoms with Crippen molar-refractivity contribution in [3.05, 3.63) is 46.6 Å². The van der Waals surface area contributed by atoms with E-state index in [1.54, 1.807) is 17.5 Å². The maximum atomic E-state index is 12.2. The summed E-state index contributed by atoms with van der Waals surface area (Å²) in [7, 11) is 0. The summed E-state index contributed by atoms with van der Waals surface area (Å²) in [6, 6.07) is 6.29. The highest BCUT2D eigenvalue weighted by molar-refractivity contribution is 7.17. The molecule has 1 aromatic carbocycles. The van der Waals surface area contributed by atoms with Gasteiger partial charge < -0.3 is 10.1 Å². The molecule has 0 saturated heterocycles. The van der Waals surface area contributed by atoms with Crippen molar-refractivity contribution in [2.75, 3.05) is 11.9 Å². The molecule has 0 aliphatic heterocycles. The highest BCUT2D eigenvalue weighted by Gasteiger charge is 2.28. The average Bonchev–Trinajstić information content (AvgIpc) is 2.95. The number of fused-ring (bicyclic) bond motifs is 1. The van der Waals surface area contributed by atoms with Crippen molar-refractivity contribution in [2.45, 2.75) is 19.1 Å². The van der Waals surface area contributed by atoms with E-state index in [1.807, 2.05) is 6.92 Å². The maximum Gasteiger partial charge on any atom is 0.422 e. The molecule has 0 radical (unpaired) electrons. The van der Waals surface area contributed by atoms with Gasteiger partial charge >= 0.3 is 6.18 Å². The lowest BCUT2D eigenvalue weighted by Gasteiger charge is -2.16. The minimum atomic E-state index is -4.36. The van der Waals surface area contributed by atoms with Gasteiger partial charge in [0.25, 0.3) is 0 Å². The normalized spacial score (nSPS) is 13.0. The number of rotatable bonds is 5. The van der Waals surface area contributed by atoms with Crippen LogP contribution in [0.2, 0.25) is 5.02 Å². The third-order valence-corrected chi connectivity index (χ3v) is 4.77. The zero-order valence-electron chi connectivity index (χ0n) is 13.0. The van der Waals surface area contributed by atoms with Crippen LogP contribution in [-0.4, -0.2) is 22.8 Å². The summed E-state index contributed by atoms with van der Waals surface area (Å²) in [5.74, 6) is 0.778. The Morgan fingerprint density at radius 1 is 1.24 bits per heavy atom. The van der Waals surface area contributed by atoms with Gasteiger partial charge in [-0.3, -0.25) is 0 Å². The molecular formula is C16H13ClF3N3OS. The van der Waals surface area contributed by atoms with Crippen molar-refractivity contribution < 1.29 is 17.9 Å². The number of nitrogens with one attached hydrogen (secondary N) is 1. The quantitative estimate of drug-likeness (QED) is 0.631. The fourth-order valence-corrected chi connectivity index (χ4v) is 3.39. The number of nitrogens with zero attached hydrogens (tertiary/aromatic N) is 2. The van der Waals surface area contributed by atoms with Crippen LogP contribution in [0.1, 0.15) is 18.5 Å². The zero-order valence-corrected chi connectivity index (χ0v) is 14.5. The third-order valence-electron chi connectivity index (χ3n) is 3.46. The van der Waals surface area contributed by atoms with Gasteiger partial charge in [0.1, 0.15) is 22.7 Å². The second kappa shape index (κ2) is 7.05. The van der Waals surface area contributed by atoms with E-state index in [4.69, 9.17) is 16.3 Å². The molecule has 4 nitrogen and oxygen atoms in total. The molecule has 0 spiro atoms. The first-order valence-corrected chi connectivity index (χ1v) is 8.53. The number of ether oxygens (including phenoxy) is 1. The molecule has 3 rings (SSSR count). The van der Waals surface area contributed by atoms with Gasteiger partial charge in [-0.25, -0.2) is 9.97 Å². The van der Waals surface area contributed by atoms with Gasteiger partial charge in [-0.15, -0.1) is 11.3 Å². The Hall–Kier alpha value is -2.06. The van der Waals surface area contributed by atoms with Crippen molar-refractivity contribution in [1.82, 2.24) is 9.97 Å². The minimum Gasteiger partial charge on any atom is -0.484 e. The molecule has 1 unspecified atom stereocenters. The first-order chi connectivity index (χ1) is 11.8. The minimum absolute atomic E-state index is 0.134. The van der Waals surface area contributed by atoms with E-state index in [0.717, 1.165) is 15.8 Å². The summed E-state index contributed by atoms with van der Waals surface area (Å²) in [5.41, 5.74) is 0.873. The summed E-state index contributed by atoms with van der Waals surface area (Å²) >= 11 is 7.61. The molecule has 2 heterocycles. The number of hydrogen-bond acceptors (Lipinski definition) is 5. The Labute approximate surface area is 150 Å². The molecule has 25 heavy (non-hydrogen) atoms. The first-order valence-electron chi connectivity index (χ1n) is 7.27. The largest absolute Gasteiger partial charge is 0.484 e. The van der Waals surface area contributed by atoms with Crippen LogP contribution < -0.4 is 10.1 Å². The van der Waals surface area contributed by atoms with E-state index in [-0.39, 0.29) is 11.8 Å². The van der Waals surface area contributed by atoms with Crippen LogP contribution in [-0.2, 0) is 0 Å². The van der Waals surface area contributed by atoms with Gasteiger partial charge in [-0.2, -0.15) is 13.2 Å². The topological polar surface area (TPSA) is 47.0 Å². The van der Waals surface area contributed by atoms with Crippen LogP contribution >= 0.6 is 22.9 Å². The van der Waals surface area contributed by atoms with Crippen molar-refractivity contribution in [2.24, 2.45) is 0 Å². The van der Waals surface area contributed by atoms with E-state index in [9.17, 15) is 13.2 Å². The van der Waals surface area contributed by atoms with Crippen molar-refractivity contribution in [3.63, 3.8) is 0 Å². The molecule has 0 amide bonds. The summed E-state index contributed by atoms with van der Waals surface area (Å²) < 4.78 is 41.2. The summed E-state index contributed by atoms with van der Waals surface area (Å²) in [4.78, 5) is 9.18. The van der Waals surface area contributed by atoms with Crippen LogP contribution in [0.3, 0.4) is 0 Å². The Morgan fingerprint density at radius 2 is 1.96 bits per heavy atom. The van der Waals surface area contributed by atoms with Crippen LogP contribution in [0.4, 0.5) is 19.0 Å². The second-order valence-corrected chi connectivity index (χ2v) is 6.59. The molecule has 3 aromatic rings. The average molecular weight is 388 g/mol. The number of thiophene rings is 1. The fourth-order valence-electron chi connectivity index (χ4n) is 2.26. The highest BCUT2D eigenvalue weighted by Crippen LogP contribution is 2.34. The van der Waals surface area contributed by atoms with Gasteiger partial charge in [-0.1, -0.05) is 23.7 Å². The second-order valence-electron chi connectivity index (χ2n) is 5.32. The number of halogens is 4.